The highest BCUT2D eigenvalue weighted by Crippen LogP contribution is 2.25. The summed E-state index contributed by atoms with van der Waals surface area (Å²) >= 11 is 7.27. The molecule has 1 rings (SSSR count). The van der Waals surface area contributed by atoms with E-state index in [1.807, 2.05) is 32.9 Å². The average molecular weight is 311 g/mol. The van der Waals surface area contributed by atoms with Crippen molar-refractivity contribution in [2.75, 3.05) is 0 Å². The van der Waals surface area contributed by atoms with Crippen LogP contribution in [-0.4, -0.2) is 16.7 Å². The molecule has 0 radical (unpaired) electrons. The minimum Gasteiger partial charge on any atom is -0.337 e. The fourth-order valence-electron chi connectivity index (χ4n) is 1.43. The Morgan fingerprint density at radius 2 is 1.90 bits per heavy atom. The maximum atomic E-state index is 12.2. The quantitative estimate of drug-likeness (QED) is 0.840. The Bertz CT molecular complexity index is 510. The summed E-state index contributed by atoms with van der Waals surface area (Å²) in [6, 6.07) is 9.52. The molecule has 0 saturated heterocycles. The van der Waals surface area contributed by atoms with Gasteiger partial charge in [-0.2, -0.15) is 5.26 Å². The van der Waals surface area contributed by atoms with Crippen LogP contribution in [0.1, 0.15) is 27.7 Å². The van der Waals surface area contributed by atoms with Gasteiger partial charge < -0.3 is 5.32 Å². The van der Waals surface area contributed by atoms with Gasteiger partial charge in [0.1, 0.15) is 5.54 Å². The summed E-state index contributed by atoms with van der Waals surface area (Å²) in [6.45, 7) is 7.41. The third kappa shape index (κ3) is 4.43. The van der Waals surface area contributed by atoms with Gasteiger partial charge in [-0.05, 0) is 44.0 Å². The highest BCUT2D eigenvalue weighted by Gasteiger charge is 2.31. The van der Waals surface area contributed by atoms with Crippen molar-refractivity contribution in [3.63, 3.8) is 0 Å². The number of hydrogen-bond donors (Lipinski definition) is 1. The van der Waals surface area contributed by atoms with Crippen LogP contribution < -0.4 is 5.32 Å². The molecule has 2 atom stereocenters. The molecule has 0 aliphatic rings. The summed E-state index contributed by atoms with van der Waals surface area (Å²) in [5.74, 6) is -0.0909. The van der Waals surface area contributed by atoms with Gasteiger partial charge in [0.15, 0.2) is 0 Å². The van der Waals surface area contributed by atoms with Gasteiger partial charge in [0.25, 0.3) is 0 Å². The third-order valence-corrected chi connectivity index (χ3v) is 4.63. The summed E-state index contributed by atoms with van der Waals surface area (Å²) in [7, 11) is 0. The van der Waals surface area contributed by atoms with Gasteiger partial charge in [-0.25, -0.2) is 0 Å². The largest absolute Gasteiger partial charge is 0.337 e. The summed E-state index contributed by atoms with van der Waals surface area (Å²) in [4.78, 5) is 13.2. The molecule has 0 bridgehead atoms. The molecule has 0 aromatic heterocycles. The zero-order valence-corrected chi connectivity index (χ0v) is 13.7. The van der Waals surface area contributed by atoms with Gasteiger partial charge in [-0.1, -0.05) is 25.4 Å². The first-order chi connectivity index (χ1) is 9.28. The van der Waals surface area contributed by atoms with E-state index in [4.69, 9.17) is 11.6 Å². The van der Waals surface area contributed by atoms with Gasteiger partial charge in [-0.15, -0.1) is 11.8 Å². The molecule has 0 aliphatic heterocycles. The first-order valence-electron chi connectivity index (χ1n) is 6.44. The summed E-state index contributed by atoms with van der Waals surface area (Å²) < 4.78 is 0. The second-order valence-electron chi connectivity index (χ2n) is 5.17. The van der Waals surface area contributed by atoms with E-state index in [1.165, 1.54) is 11.8 Å². The highest BCUT2D eigenvalue weighted by atomic mass is 35.5. The fourth-order valence-corrected chi connectivity index (χ4v) is 2.42. The lowest BCUT2D eigenvalue weighted by atomic mass is 9.90. The first kappa shape index (κ1) is 16.9. The summed E-state index contributed by atoms with van der Waals surface area (Å²) in [6.07, 6.45) is 0. The molecule has 0 heterocycles. The van der Waals surface area contributed by atoms with E-state index in [1.54, 1.807) is 19.1 Å². The number of rotatable bonds is 5. The van der Waals surface area contributed by atoms with Crippen molar-refractivity contribution in [1.29, 1.82) is 5.26 Å². The van der Waals surface area contributed by atoms with Crippen LogP contribution >= 0.6 is 23.4 Å². The van der Waals surface area contributed by atoms with E-state index >= 15 is 0 Å². The monoisotopic (exact) mass is 310 g/mol. The van der Waals surface area contributed by atoms with Crippen LogP contribution in [0.15, 0.2) is 29.2 Å². The van der Waals surface area contributed by atoms with E-state index in [2.05, 4.69) is 11.4 Å². The summed E-state index contributed by atoms with van der Waals surface area (Å²) in [5.41, 5.74) is -0.841. The number of benzene rings is 1. The molecule has 0 fully saturated rings. The number of thioether (sulfide) groups is 1. The number of nitrogens with zero attached hydrogens (tertiary/aromatic N) is 1. The van der Waals surface area contributed by atoms with E-state index in [9.17, 15) is 10.1 Å². The minimum atomic E-state index is -0.841. The third-order valence-electron chi connectivity index (χ3n) is 3.27. The molecule has 0 unspecified atom stereocenters. The van der Waals surface area contributed by atoms with Gasteiger partial charge in [0, 0.05) is 9.92 Å². The fraction of sp³-hybridized carbons (Fsp3) is 0.467. The molecule has 3 nitrogen and oxygen atoms in total. The molecule has 1 aromatic rings. The average Bonchev–Trinajstić information content (AvgIpc) is 2.40. The second-order valence-corrected chi connectivity index (χ2v) is 7.02. The topological polar surface area (TPSA) is 52.9 Å². The lowest BCUT2D eigenvalue weighted by molar-refractivity contribution is -0.121. The van der Waals surface area contributed by atoms with Crippen molar-refractivity contribution >= 4 is 29.3 Å². The van der Waals surface area contributed by atoms with Crippen molar-refractivity contribution in [1.82, 2.24) is 5.32 Å². The molecule has 1 aromatic carbocycles. The summed E-state index contributed by atoms with van der Waals surface area (Å²) in [5, 5.41) is 12.4. The van der Waals surface area contributed by atoms with Crippen molar-refractivity contribution < 1.29 is 4.79 Å². The number of nitriles is 1. The van der Waals surface area contributed by atoms with Crippen LogP contribution in [0.2, 0.25) is 5.02 Å². The number of hydrogen-bond acceptors (Lipinski definition) is 3. The molecule has 0 saturated carbocycles. The molecular formula is C15H19ClN2OS. The van der Waals surface area contributed by atoms with Crippen LogP contribution in [0.3, 0.4) is 0 Å². The lowest BCUT2D eigenvalue weighted by Crippen LogP contribution is -2.51. The number of amides is 1. The number of carbonyl (C=O) groups is 1. The van der Waals surface area contributed by atoms with Crippen LogP contribution in [-0.2, 0) is 4.79 Å². The standard InChI is InChI=1S/C15H19ClN2OS/c1-10(2)15(4,9-17)18-14(19)11(3)20-13-7-5-12(16)6-8-13/h5-8,10-11H,1-4H3,(H,18,19)/t11-,15+/m0/s1. The lowest BCUT2D eigenvalue weighted by Gasteiger charge is -2.28. The maximum Gasteiger partial charge on any atom is 0.234 e. The van der Waals surface area contributed by atoms with Gasteiger partial charge in [0.05, 0.1) is 11.3 Å². The van der Waals surface area contributed by atoms with E-state index in [0.717, 1.165) is 4.90 Å². The molecule has 0 aliphatic carbocycles. The smallest absolute Gasteiger partial charge is 0.234 e. The molecule has 1 amide bonds. The first-order valence-corrected chi connectivity index (χ1v) is 7.69. The maximum absolute atomic E-state index is 12.2. The minimum absolute atomic E-state index is 0.0455. The number of halogens is 1. The van der Waals surface area contributed by atoms with Gasteiger partial charge in [-0.3, -0.25) is 4.79 Å². The van der Waals surface area contributed by atoms with E-state index < -0.39 is 5.54 Å². The van der Waals surface area contributed by atoms with Crippen LogP contribution in [0, 0.1) is 17.2 Å². The number of carbonyl (C=O) groups excluding carboxylic acids is 1. The van der Waals surface area contributed by atoms with E-state index in [-0.39, 0.29) is 17.1 Å². The normalized spacial score (nSPS) is 15.2. The molecule has 1 N–H and O–H groups in total. The van der Waals surface area contributed by atoms with E-state index in [0.29, 0.717) is 5.02 Å². The van der Waals surface area contributed by atoms with Gasteiger partial charge >= 0.3 is 0 Å². The Morgan fingerprint density at radius 3 is 2.35 bits per heavy atom. The molecule has 20 heavy (non-hydrogen) atoms. The Hall–Kier alpha value is -1.18. The molecular weight excluding hydrogens is 292 g/mol. The molecule has 108 valence electrons. The van der Waals surface area contributed by atoms with Crippen molar-refractivity contribution in [2.24, 2.45) is 5.92 Å². The Labute approximate surface area is 129 Å². The molecule has 5 heteroatoms. The SMILES string of the molecule is CC(C)[C@@](C)(C#N)NC(=O)[C@H](C)Sc1ccc(Cl)cc1. The highest BCUT2D eigenvalue weighted by molar-refractivity contribution is 8.00. The van der Waals surface area contributed by atoms with Crippen LogP contribution in [0.25, 0.3) is 0 Å². The second kappa shape index (κ2) is 7.01. The Morgan fingerprint density at radius 1 is 1.35 bits per heavy atom. The number of nitrogens with one attached hydrogen (secondary N) is 1. The predicted molar refractivity (Wildman–Crippen MR) is 83.8 cm³/mol. The van der Waals surface area contributed by atoms with Crippen LogP contribution in [0.4, 0.5) is 0 Å². The van der Waals surface area contributed by atoms with Crippen molar-refractivity contribution in [3.8, 4) is 6.07 Å². The Balaban J connectivity index is 2.68. The van der Waals surface area contributed by atoms with Crippen molar-refractivity contribution in [2.45, 2.75) is 43.4 Å². The molecule has 0 spiro atoms. The predicted octanol–water partition coefficient (Wildman–Crippen LogP) is 3.88. The van der Waals surface area contributed by atoms with Crippen LogP contribution in [0.5, 0.6) is 0 Å². The Kier molecular flexibility index (Phi) is 5.91. The zero-order valence-electron chi connectivity index (χ0n) is 12.1. The zero-order chi connectivity index (χ0) is 15.3. The van der Waals surface area contributed by atoms with Gasteiger partial charge in [0.2, 0.25) is 5.91 Å². The van der Waals surface area contributed by atoms with Crippen molar-refractivity contribution in [3.05, 3.63) is 29.3 Å².